The van der Waals surface area contributed by atoms with Crippen LogP contribution in [0.2, 0.25) is 0 Å². The second kappa shape index (κ2) is 13.2. The number of likely N-dealkylation sites (N-methyl/N-ethyl adjacent to an activating group) is 1. The highest BCUT2D eigenvalue weighted by molar-refractivity contribution is 5.79. The van der Waals surface area contributed by atoms with Crippen LogP contribution in [0.5, 0.6) is 5.75 Å². The van der Waals surface area contributed by atoms with Crippen LogP contribution in [0.15, 0.2) is 29.3 Å². The molecule has 1 aliphatic rings. The number of aliphatic imine (C=N–C) groups is 1. The molecule has 1 amide bonds. The summed E-state index contributed by atoms with van der Waals surface area (Å²) in [6.45, 7) is 8.04. The fourth-order valence-corrected chi connectivity index (χ4v) is 3.86. The Morgan fingerprint density at radius 3 is 2.65 bits per heavy atom. The Morgan fingerprint density at radius 2 is 1.97 bits per heavy atom. The van der Waals surface area contributed by atoms with Gasteiger partial charge in [-0.15, -0.1) is 0 Å². The van der Waals surface area contributed by atoms with Gasteiger partial charge in [0.2, 0.25) is 0 Å². The van der Waals surface area contributed by atoms with Gasteiger partial charge in [-0.1, -0.05) is 25.0 Å². The molecule has 0 aromatic heterocycles. The third-order valence-electron chi connectivity index (χ3n) is 5.80. The number of nitrogens with one attached hydrogen (secondary N) is 2. The molecule has 1 aromatic carbocycles. The SMILES string of the molecule is CCNC(=NCc1cccc(OCC(=O)N(C)C)c1)NCC1(CCOCC)CCCC1. The van der Waals surface area contributed by atoms with E-state index in [0.717, 1.165) is 44.2 Å². The van der Waals surface area contributed by atoms with Crippen LogP contribution < -0.4 is 15.4 Å². The zero-order valence-electron chi connectivity index (χ0n) is 19.7. The van der Waals surface area contributed by atoms with Crippen LogP contribution in [0.25, 0.3) is 0 Å². The summed E-state index contributed by atoms with van der Waals surface area (Å²) in [4.78, 5) is 18.0. The highest BCUT2D eigenvalue weighted by Crippen LogP contribution is 2.40. The minimum Gasteiger partial charge on any atom is -0.484 e. The molecule has 1 saturated carbocycles. The third kappa shape index (κ3) is 8.77. The summed E-state index contributed by atoms with van der Waals surface area (Å²) in [5.74, 6) is 1.45. The van der Waals surface area contributed by atoms with E-state index in [1.807, 2.05) is 24.3 Å². The number of carbonyl (C=O) groups is 1. The number of guanidine groups is 1. The summed E-state index contributed by atoms with van der Waals surface area (Å²) < 4.78 is 11.2. The first-order chi connectivity index (χ1) is 15.0. The minimum absolute atomic E-state index is 0.0355. The van der Waals surface area contributed by atoms with Crippen molar-refractivity contribution in [3.05, 3.63) is 29.8 Å². The summed E-state index contributed by atoms with van der Waals surface area (Å²) in [7, 11) is 3.44. The third-order valence-corrected chi connectivity index (χ3v) is 5.80. The van der Waals surface area contributed by atoms with Crippen LogP contribution >= 0.6 is 0 Å². The molecular formula is C24H40N4O3. The Kier molecular flexibility index (Phi) is 10.6. The molecule has 2 N–H and O–H groups in total. The van der Waals surface area contributed by atoms with Crippen LogP contribution in [0.4, 0.5) is 0 Å². The average Bonchev–Trinajstić information content (AvgIpc) is 3.23. The number of benzene rings is 1. The molecule has 31 heavy (non-hydrogen) atoms. The van der Waals surface area contributed by atoms with Gasteiger partial charge in [0, 0.05) is 40.4 Å². The van der Waals surface area contributed by atoms with E-state index in [-0.39, 0.29) is 12.5 Å². The zero-order valence-corrected chi connectivity index (χ0v) is 19.7. The topological polar surface area (TPSA) is 75.2 Å². The number of amides is 1. The lowest BCUT2D eigenvalue weighted by Crippen LogP contribution is -2.43. The normalized spacial score (nSPS) is 15.5. The molecule has 2 rings (SSSR count). The maximum Gasteiger partial charge on any atom is 0.259 e. The Labute approximate surface area is 187 Å². The summed E-state index contributed by atoms with van der Waals surface area (Å²) in [6.07, 6.45) is 6.18. The lowest BCUT2D eigenvalue weighted by atomic mass is 9.83. The van der Waals surface area contributed by atoms with Crippen LogP contribution in [-0.2, 0) is 16.1 Å². The van der Waals surface area contributed by atoms with Crippen molar-refractivity contribution < 1.29 is 14.3 Å². The Morgan fingerprint density at radius 1 is 1.19 bits per heavy atom. The number of hydrogen-bond acceptors (Lipinski definition) is 4. The van der Waals surface area contributed by atoms with Gasteiger partial charge in [0.15, 0.2) is 12.6 Å². The van der Waals surface area contributed by atoms with Crippen molar-refractivity contribution in [2.75, 3.05) is 47.0 Å². The smallest absolute Gasteiger partial charge is 0.259 e. The first kappa shape index (κ1) is 25.0. The van der Waals surface area contributed by atoms with Gasteiger partial charge >= 0.3 is 0 Å². The van der Waals surface area contributed by atoms with E-state index in [2.05, 4.69) is 24.5 Å². The average molecular weight is 433 g/mol. The molecule has 1 aromatic rings. The number of carbonyl (C=O) groups excluding carboxylic acids is 1. The van der Waals surface area contributed by atoms with Crippen molar-refractivity contribution in [3.8, 4) is 5.75 Å². The lowest BCUT2D eigenvalue weighted by molar-refractivity contribution is -0.130. The number of ether oxygens (including phenoxy) is 2. The molecule has 0 bridgehead atoms. The maximum atomic E-state index is 11.7. The molecule has 174 valence electrons. The van der Waals surface area contributed by atoms with Crippen LogP contribution in [0, 0.1) is 5.41 Å². The van der Waals surface area contributed by atoms with Gasteiger partial charge in [-0.05, 0) is 56.2 Å². The Balaban J connectivity index is 1.94. The van der Waals surface area contributed by atoms with Gasteiger partial charge in [-0.25, -0.2) is 4.99 Å². The zero-order chi connectivity index (χ0) is 22.5. The fourth-order valence-electron chi connectivity index (χ4n) is 3.86. The molecule has 7 heteroatoms. The van der Waals surface area contributed by atoms with E-state index < -0.39 is 0 Å². The molecule has 1 aliphatic carbocycles. The van der Waals surface area contributed by atoms with Crippen LogP contribution in [-0.4, -0.2) is 63.8 Å². The molecule has 0 atom stereocenters. The van der Waals surface area contributed by atoms with Crippen LogP contribution in [0.1, 0.15) is 51.5 Å². The number of rotatable bonds is 12. The summed E-state index contributed by atoms with van der Waals surface area (Å²) in [6, 6.07) is 7.76. The van der Waals surface area contributed by atoms with E-state index >= 15 is 0 Å². The molecule has 0 spiro atoms. The van der Waals surface area contributed by atoms with Crippen molar-refractivity contribution >= 4 is 11.9 Å². The lowest BCUT2D eigenvalue weighted by Gasteiger charge is -2.30. The first-order valence-electron chi connectivity index (χ1n) is 11.5. The van der Waals surface area contributed by atoms with Gasteiger partial charge < -0.3 is 25.0 Å². The van der Waals surface area contributed by atoms with Crippen LogP contribution in [0.3, 0.4) is 0 Å². The maximum absolute atomic E-state index is 11.7. The molecule has 7 nitrogen and oxygen atoms in total. The van der Waals surface area contributed by atoms with E-state index in [1.54, 1.807) is 14.1 Å². The molecule has 0 saturated heterocycles. The van der Waals surface area contributed by atoms with Gasteiger partial charge in [-0.2, -0.15) is 0 Å². The van der Waals surface area contributed by atoms with Gasteiger partial charge in [0.1, 0.15) is 5.75 Å². The van der Waals surface area contributed by atoms with Crippen molar-refractivity contribution in [1.82, 2.24) is 15.5 Å². The summed E-state index contributed by atoms with van der Waals surface area (Å²) in [5.41, 5.74) is 1.34. The second-order valence-corrected chi connectivity index (χ2v) is 8.43. The summed E-state index contributed by atoms with van der Waals surface area (Å²) >= 11 is 0. The summed E-state index contributed by atoms with van der Waals surface area (Å²) in [5, 5.41) is 6.92. The van der Waals surface area contributed by atoms with Gasteiger partial charge in [0.05, 0.1) is 6.54 Å². The van der Waals surface area contributed by atoms with Gasteiger partial charge in [-0.3, -0.25) is 4.79 Å². The molecular weight excluding hydrogens is 392 g/mol. The van der Waals surface area contributed by atoms with Gasteiger partial charge in [0.25, 0.3) is 5.91 Å². The van der Waals surface area contributed by atoms with Crippen molar-refractivity contribution in [1.29, 1.82) is 0 Å². The van der Waals surface area contributed by atoms with Crippen molar-refractivity contribution in [2.45, 2.75) is 52.5 Å². The second-order valence-electron chi connectivity index (χ2n) is 8.43. The predicted octanol–water partition coefficient (Wildman–Crippen LogP) is 3.20. The molecule has 0 unspecified atom stereocenters. The standard InChI is InChI=1S/C24H40N4O3/c1-5-25-23(27-19-24(12-7-8-13-24)14-15-30-6-2)26-17-20-10-9-11-21(16-20)31-18-22(29)28(3)4/h9-11,16H,5-8,12-15,17-19H2,1-4H3,(H2,25,26,27). The quantitative estimate of drug-likeness (QED) is 0.301. The predicted molar refractivity (Wildman–Crippen MR) is 125 cm³/mol. The van der Waals surface area contributed by atoms with E-state index in [0.29, 0.717) is 17.7 Å². The van der Waals surface area contributed by atoms with E-state index in [9.17, 15) is 4.79 Å². The highest BCUT2D eigenvalue weighted by Gasteiger charge is 2.33. The van der Waals surface area contributed by atoms with E-state index in [4.69, 9.17) is 14.5 Å². The highest BCUT2D eigenvalue weighted by atomic mass is 16.5. The fraction of sp³-hybridized carbons (Fsp3) is 0.667. The molecule has 0 aliphatic heterocycles. The molecule has 0 radical (unpaired) electrons. The number of nitrogens with zero attached hydrogens (tertiary/aromatic N) is 2. The largest absolute Gasteiger partial charge is 0.484 e. The van der Waals surface area contributed by atoms with Crippen molar-refractivity contribution in [2.24, 2.45) is 10.4 Å². The number of hydrogen-bond donors (Lipinski definition) is 2. The van der Waals surface area contributed by atoms with Crippen molar-refractivity contribution in [3.63, 3.8) is 0 Å². The Hall–Kier alpha value is -2.28. The monoisotopic (exact) mass is 432 g/mol. The molecule has 0 heterocycles. The first-order valence-corrected chi connectivity index (χ1v) is 11.5. The molecule has 1 fully saturated rings. The minimum atomic E-state index is -0.0627. The van der Waals surface area contributed by atoms with E-state index in [1.165, 1.54) is 30.6 Å². The Bertz CT molecular complexity index is 700.